The zero-order valence-corrected chi connectivity index (χ0v) is 12.9. The number of ether oxygens (including phenoxy) is 1. The molecule has 2 aromatic rings. The Balaban J connectivity index is 1.62. The average Bonchev–Trinajstić information content (AvgIpc) is 3.04. The summed E-state index contributed by atoms with van der Waals surface area (Å²) in [5.74, 6) is -0.252. The summed E-state index contributed by atoms with van der Waals surface area (Å²) in [4.78, 5) is 16.5. The molecule has 2 N–H and O–H groups in total. The number of rotatable bonds is 4. The molecule has 0 saturated carbocycles. The normalized spacial score (nSPS) is 17.1. The van der Waals surface area contributed by atoms with Crippen LogP contribution in [0, 0.1) is 0 Å². The maximum absolute atomic E-state index is 12.2. The van der Waals surface area contributed by atoms with Crippen molar-refractivity contribution in [2.75, 3.05) is 19.8 Å². The molecule has 1 aliphatic heterocycles. The topological polar surface area (TPSA) is 71.5 Å². The number of hydrogen-bond donors (Lipinski definition) is 2. The van der Waals surface area contributed by atoms with Crippen LogP contribution in [0.4, 0.5) is 0 Å². The number of aliphatic hydroxyl groups is 1. The number of hydrogen-bond acceptors (Lipinski definition) is 5. The third-order valence-corrected chi connectivity index (χ3v) is 4.65. The van der Waals surface area contributed by atoms with Gasteiger partial charge in [-0.05, 0) is 0 Å². The number of nitrogens with zero attached hydrogens (tertiary/aromatic N) is 1. The van der Waals surface area contributed by atoms with Crippen LogP contribution < -0.4 is 5.32 Å². The lowest BCUT2D eigenvalue weighted by Gasteiger charge is -2.31. The molecule has 22 heavy (non-hydrogen) atoms. The number of amides is 1. The van der Waals surface area contributed by atoms with Crippen LogP contribution >= 0.6 is 11.3 Å². The standard InChI is InChI=1S/C16H18N2O3S/c19-14(17-11-16(20)6-8-21-9-7-16)13-10-22-15(18-13)12-4-2-1-3-5-12/h1-5,10,20H,6-9,11H2,(H,17,19). The van der Waals surface area contributed by atoms with Crippen LogP contribution in [0.1, 0.15) is 23.3 Å². The highest BCUT2D eigenvalue weighted by atomic mass is 32.1. The number of benzene rings is 1. The summed E-state index contributed by atoms with van der Waals surface area (Å²) >= 11 is 1.44. The second-order valence-corrected chi connectivity index (χ2v) is 6.28. The van der Waals surface area contributed by atoms with Crippen molar-refractivity contribution in [2.24, 2.45) is 0 Å². The first-order valence-electron chi connectivity index (χ1n) is 7.26. The second kappa shape index (κ2) is 6.56. The lowest BCUT2D eigenvalue weighted by Crippen LogP contribution is -2.46. The van der Waals surface area contributed by atoms with Gasteiger partial charge < -0.3 is 15.2 Å². The third-order valence-electron chi connectivity index (χ3n) is 3.76. The Kier molecular flexibility index (Phi) is 4.52. The highest BCUT2D eigenvalue weighted by Crippen LogP contribution is 2.23. The van der Waals surface area contributed by atoms with E-state index in [1.165, 1.54) is 11.3 Å². The minimum atomic E-state index is -0.869. The molecule has 1 saturated heterocycles. The van der Waals surface area contributed by atoms with Gasteiger partial charge in [0.1, 0.15) is 10.7 Å². The van der Waals surface area contributed by atoms with E-state index in [1.807, 2.05) is 30.3 Å². The summed E-state index contributed by atoms with van der Waals surface area (Å²) in [5, 5.41) is 15.7. The largest absolute Gasteiger partial charge is 0.388 e. The maximum atomic E-state index is 12.2. The van der Waals surface area contributed by atoms with Gasteiger partial charge >= 0.3 is 0 Å². The summed E-state index contributed by atoms with van der Waals surface area (Å²) in [6, 6.07) is 9.75. The van der Waals surface area contributed by atoms with Crippen molar-refractivity contribution in [3.8, 4) is 10.6 Å². The van der Waals surface area contributed by atoms with Crippen LogP contribution in [0.25, 0.3) is 10.6 Å². The fourth-order valence-electron chi connectivity index (χ4n) is 2.35. The molecule has 2 heterocycles. The van der Waals surface area contributed by atoms with Gasteiger partial charge in [-0.15, -0.1) is 11.3 Å². The maximum Gasteiger partial charge on any atom is 0.270 e. The van der Waals surface area contributed by atoms with E-state index < -0.39 is 5.60 Å². The van der Waals surface area contributed by atoms with E-state index in [0.29, 0.717) is 31.7 Å². The Labute approximate surface area is 133 Å². The van der Waals surface area contributed by atoms with E-state index in [0.717, 1.165) is 10.6 Å². The van der Waals surface area contributed by atoms with Crippen molar-refractivity contribution < 1.29 is 14.6 Å². The Hall–Kier alpha value is -1.76. The van der Waals surface area contributed by atoms with Crippen LogP contribution in [0.5, 0.6) is 0 Å². The van der Waals surface area contributed by atoms with Gasteiger partial charge in [0.15, 0.2) is 0 Å². The van der Waals surface area contributed by atoms with E-state index in [4.69, 9.17) is 4.74 Å². The molecular weight excluding hydrogens is 300 g/mol. The second-order valence-electron chi connectivity index (χ2n) is 5.42. The molecule has 0 aliphatic carbocycles. The molecule has 5 nitrogen and oxygen atoms in total. The Morgan fingerprint density at radius 1 is 1.32 bits per heavy atom. The van der Waals surface area contributed by atoms with Crippen molar-refractivity contribution in [3.05, 3.63) is 41.4 Å². The molecule has 1 amide bonds. The summed E-state index contributed by atoms with van der Waals surface area (Å²) < 4.78 is 5.23. The van der Waals surface area contributed by atoms with Gasteiger partial charge in [-0.3, -0.25) is 4.79 Å². The highest BCUT2D eigenvalue weighted by molar-refractivity contribution is 7.13. The van der Waals surface area contributed by atoms with E-state index in [9.17, 15) is 9.90 Å². The molecule has 0 atom stereocenters. The van der Waals surface area contributed by atoms with Crippen LogP contribution in [0.2, 0.25) is 0 Å². The third kappa shape index (κ3) is 3.52. The van der Waals surface area contributed by atoms with E-state index in [2.05, 4.69) is 10.3 Å². The fourth-order valence-corrected chi connectivity index (χ4v) is 3.16. The van der Waals surface area contributed by atoms with E-state index in [-0.39, 0.29) is 12.5 Å². The molecule has 1 aromatic heterocycles. The summed E-state index contributed by atoms with van der Waals surface area (Å²) in [5.41, 5.74) is 0.515. The Morgan fingerprint density at radius 3 is 2.77 bits per heavy atom. The van der Waals surface area contributed by atoms with E-state index in [1.54, 1.807) is 5.38 Å². The zero-order valence-electron chi connectivity index (χ0n) is 12.1. The van der Waals surface area contributed by atoms with Gasteiger partial charge in [-0.25, -0.2) is 4.98 Å². The quantitative estimate of drug-likeness (QED) is 0.905. The lowest BCUT2D eigenvalue weighted by molar-refractivity contribution is -0.0605. The van der Waals surface area contributed by atoms with Crippen molar-refractivity contribution in [3.63, 3.8) is 0 Å². The smallest absolute Gasteiger partial charge is 0.270 e. The predicted octanol–water partition coefficient (Wildman–Crippen LogP) is 2.08. The molecule has 3 rings (SSSR count). The van der Waals surface area contributed by atoms with Crippen molar-refractivity contribution in [1.29, 1.82) is 0 Å². The summed E-state index contributed by atoms with van der Waals surface area (Å²) in [7, 11) is 0. The van der Waals surface area contributed by atoms with Gasteiger partial charge in [-0.1, -0.05) is 30.3 Å². The highest BCUT2D eigenvalue weighted by Gasteiger charge is 2.30. The molecule has 116 valence electrons. The van der Waals surface area contributed by atoms with E-state index >= 15 is 0 Å². The SMILES string of the molecule is O=C(NCC1(O)CCOCC1)c1csc(-c2ccccc2)n1. The molecule has 0 bridgehead atoms. The first-order chi connectivity index (χ1) is 10.7. The number of carbonyl (C=O) groups is 1. The number of aromatic nitrogens is 1. The first-order valence-corrected chi connectivity index (χ1v) is 8.14. The Morgan fingerprint density at radius 2 is 2.05 bits per heavy atom. The fraction of sp³-hybridized carbons (Fsp3) is 0.375. The lowest BCUT2D eigenvalue weighted by atomic mass is 9.94. The number of carbonyl (C=O) groups excluding carboxylic acids is 1. The summed E-state index contributed by atoms with van der Waals surface area (Å²) in [6.45, 7) is 1.29. The number of nitrogens with one attached hydrogen (secondary N) is 1. The molecule has 1 aliphatic rings. The molecular formula is C16H18N2O3S. The zero-order chi connectivity index (χ0) is 15.4. The van der Waals surface area contributed by atoms with Gasteiger partial charge in [0.2, 0.25) is 0 Å². The van der Waals surface area contributed by atoms with Crippen LogP contribution in [-0.4, -0.2) is 41.4 Å². The average molecular weight is 318 g/mol. The minimum absolute atomic E-state index is 0.230. The first kappa shape index (κ1) is 15.1. The van der Waals surface area contributed by atoms with Crippen molar-refractivity contribution in [2.45, 2.75) is 18.4 Å². The van der Waals surface area contributed by atoms with Crippen molar-refractivity contribution >= 4 is 17.2 Å². The Bertz CT molecular complexity index is 636. The van der Waals surface area contributed by atoms with Gasteiger partial charge in [-0.2, -0.15) is 0 Å². The number of thiazole rings is 1. The molecule has 6 heteroatoms. The van der Waals surface area contributed by atoms with Gasteiger partial charge in [0, 0.05) is 43.5 Å². The molecule has 0 unspecified atom stereocenters. The molecule has 1 aromatic carbocycles. The minimum Gasteiger partial charge on any atom is -0.388 e. The molecule has 1 fully saturated rings. The predicted molar refractivity (Wildman–Crippen MR) is 84.9 cm³/mol. The summed E-state index contributed by atoms with van der Waals surface area (Å²) in [6.07, 6.45) is 1.08. The van der Waals surface area contributed by atoms with Crippen molar-refractivity contribution in [1.82, 2.24) is 10.3 Å². The monoisotopic (exact) mass is 318 g/mol. The molecule has 0 spiro atoms. The van der Waals surface area contributed by atoms with Crippen LogP contribution in [-0.2, 0) is 4.74 Å². The van der Waals surface area contributed by atoms with Crippen LogP contribution in [0.15, 0.2) is 35.7 Å². The molecule has 0 radical (unpaired) electrons. The van der Waals surface area contributed by atoms with Gasteiger partial charge in [0.25, 0.3) is 5.91 Å². The van der Waals surface area contributed by atoms with Crippen LogP contribution in [0.3, 0.4) is 0 Å². The van der Waals surface area contributed by atoms with Gasteiger partial charge in [0.05, 0.1) is 5.60 Å².